The molecule has 3 nitrogen and oxygen atoms in total. The highest BCUT2D eigenvalue weighted by Gasteiger charge is 2.35. The molecule has 1 atom stereocenters. The zero-order valence-corrected chi connectivity index (χ0v) is 11.1. The van der Waals surface area contributed by atoms with Crippen molar-refractivity contribution in [2.45, 2.75) is 12.6 Å². The van der Waals surface area contributed by atoms with Crippen molar-refractivity contribution in [1.29, 1.82) is 5.26 Å². The Kier molecular flexibility index (Phi) is 3.54. The van der Waals surface area contributed by atoms with E-state index in [1.807, 2.05) is 6.07 Å². The first kappa shape index (κ1) is 13.9. The summed E-state index contributed by atoms with van der Waals surface area (Å²) < 4.78 is 38.4. The summed E-state index contributed by atoms with van der Waals surface area (Å²) in [5.74, 6) is -0.819. The average Bonchev–Trinajstić information content (AvgIpc) is 2.69. The normalized spacial score (nSPS) is 19.6. The van der Waals surface area contributed by atoms with Gasteiger partial charge in [-0.1, -0.05) is 0 Å². The summed E-state index contributed by atoms with van der Waals surface area (Å²) in [5, 5.41) is 8.78. The van der Waals surface area contributed by atoms with Crippen molar-refractivity contribution in [3.05, 3.63) is 28.2 Å². The Bertz CT molecular complexity index is 565. The predicted octanol–water partition coefficient (Wildman–Crippen LogP) is 3.34. The Morgan fingerprint density at radius 3 is 2.63 bits per heavy atom. The van der Waals surface area contributed by atoms with Gasteiger partial charge in [-0.3, -0.25) is 4.79 Å². The Morgan fingerprint density at radius 1 is 1.42 bits per heavy atom. The number of halogens is 4. The van der Waals surface area contributed by atoms with Crippen molar-refractivity contribution >= 4 is 27.5 Å². The smallest absolute Gasteiger partial charge is 0.310 e. The molecule has 0 bridgehead atoms. The van der Waals surface area contributed by atoms with Crippen LogP contribution in [0.3, 0.4) is 0 Å². The highest BCUT2D eigenvalue weighted by atomic mass is 79.9. The number of amides is 1. The van der Waals surface area contributed by atoms with Crippen molar-refractivity contribution in [2.75, 3.05) is 11.4 Å². The summed E-state index contributed by atoms with van der Waals surface area (Å²) in [6.07, 6.45) is -4.42. The van der Waals surface area contributed by atoms with E-state index in [0.29, 0.717) is 4.47 Å². The van der Waals surface area contributed by atoms with Gasteiger partial charge in [0.25, 0.3) is 0 Å². The third kappa shape index (κ3) is 2.73. The van der Waals surface area contributed by atoms with Crippen LogP contribution in [0.5, 0.6) is 0 Å². The monoisotopic (exact) mass is 332 g/mol. The highest BCUT2D eigenvalue weighted by molar-refractivity contribution is 9.10. The molecule has 0 radical (unpaired) electrons. The lowest BCUT2D eigenvalue weighted by atomic mass is 10.1. The van der Waals surface area contributed by atoms with Gasteiger partial charge >= 0.3 is 6.18 Å². The van der Waals surface area contributed by atoms with Gasteiger partial charge in [-0.05, 0) is 34.1 Å². The van der Waals surface area contributed by atoms with E-state index < -0.39 is 17.7 Å². The van der Waals surface area contributed by atoms with E-state index in [1.165, 1.54) is 11.0 Å². The van der Waals surface area contributed by atoms with Crippen LogP contribution in [0.15, 0.2) is 22.7 Å². The van der Waals surface area contributed by atoms with Gasteiger partial charge in [0.2, 0.25) is 5.91 Å². The van der Waals surface area contributed by atoms with Crippen LogP contribution in [-0.2, 0) is 11.0 Å². The first-order valence-corrected chi connectivity index (χ1v) is 6.19. The molecule has 1 amide bonds. The summed E-state index contributed by atoms with van der Waals surface area (Å²) in [4.78, 5) is 12.9. The summed E-state index contributed by atoms with van der Waals surface area (Å²) in [6, 6.07) is 5.07. The standard InChI is InChI=1S/C12H8BrF3N2O/c13-9-2-1-8(12(14,15)16)4-10(9)18-6-7(5-17)3-11(18)19/h1-2,4,7H,3,6H2. The molecular formula is C12H8BrF3N2O. The molecule has 0 spiro atoms. The van der Waals surface area contributed by atoms with Crippen LogP contribution < -0.4 is 4.90 Å². The van der Waals surface area contributed by atoms with Crippen molar-refractivity contribution < 1.29 is 18.0 Å². The number of carbonyl (C=O) groups excluding carboxylic acids is 1. The first-order valence-electron chi connectivity index (χ1n) is 5.39. The second-order valence-corrected chi connectivity index (χ2v) is 5.05. The molecule has 1 unspecified atom stereocenters. The Balaban J connectivity index is 2.40. The van der Waals surface area contributed by atoms with Gasteiger partial charge in [0.05, 0.1) is 23.2 Å². The fourth-order valence-corrected chi connectivity index (χ4v) is 2.38. The number of benzene rings is 1. The highest BCUT2D eigenvalue weighted by Crippen LogP contribution is 2.37. The number of nitriles is 1. The van der Waals surface area contributed by atoms with Crippen LogP contribution in [0.4, 0.5) is 18.9 Å². The molecule has 19 heavy (non-hydrogen) atoms. The Morgan fingerprint density at radius 2 is 2.11 bits per heavy atom. The number of carbonyl (C=O) groups is 1. The van der Waals surface area contributed by atoms with Gasteiger partial charge in [0, 0.05) is 17.4 Å². The van der Waals surface area contributed by atoms with Crippen LogP contribution in [0.25, 0.3) is 0 Å². The summed E-state index contributed by atoms with van der Waals surface area (Å²) in [7, 11) is 0. The van der Waals surface area contributed by atoms with E-state index in [2.05, 4.69) is 15.9 Å². The van der Waals surface area contributed by atoms with Crippen LogP contribution in [0.1, 0.15) is 12.0 Å². The molecule has 1 fully saturated rings. The molecule has 1 aromatic carbocycles. The molecule has 0 aromatic heterocycles. The van der Waals surface area contributed by atoms with E-state index in [4.69, 9.17) is 5.26 Å². The van der Waals surface area contributed by atoms with E-state index in [-0.39, 0.29) is 24.6 Å². The third-order valence-corrected chi connectivity index (χ3v) is 3.54. The van der Waals surface area contributed by atoms with Gasteiger partial charge < -0.3 is 4.90 Å². The third-order valence-electron chi connectivity index (χ3n) is 2.87. The van der Waals surface area contributed by atoms with E-state index >= 15 is 0 Å². The quantitative estimate of drug-likeness (QED) is 0.791. The maximum atomic E-state index is 12.7. The minimum Gasteiger partial charge on any atom is -0.310 e. The fraction of sp³-hybridized carbons (Fsp3) is 0.333. The van der Waals surface area contributed by atoms with Gasteiger partial charge in [-0.25, -0.2) is 0 Å². The lowest BCUT2D eigenvalue weighted by Crippen LogP contribution is -2.25. The maximum Gasteiger partial charge on any atom is 0.416 e. The average molecular weight is 333 g/mol. The Hall–Kier alpha value is -1.55. The number of rotatable bonds is 1. The number of alkyl halides is 3. The van der Waals surface area contributed by atoms with Gasteiger partial charge in [0.15, 0.2) is 0 Å². The van der Waals surface area contributed by atoms with E-state index in [1.54, 1.807) is 0 Å². The molecule has 1 aliphatic rings. The SMILES string of the molecule is N#CC1CC(=O)N(c2cc(C(F)(F)F)ccc2Br)C1. The first-order chi connectivity index (χ1) is 8.82. The van der Waals surface area contributed by atoms with E-state index in [0.717, 1.165) is 12.1 Å². The molecule has 1 aliphatic heterocycles. The molecule has 2 rings (SSSR count). The minimum atomic E-state index is -4.47. The maximum absolute atomic E-state index is 12.7. The van der Waals surface area contributed by atoms with Crippen LogP contribution in [0, 0.1) is 17.2 Å². The number of hydrogen-bond acceptors (Lipinski definition) is 2. The molecule has 100 valence electrons. The minimum absolute atomic E-state index is 0.0409. The zero-order valence-electron chi connectivity index (χ0n) is 9.54. The van der Waals surface area contributed by atoms with Crippen LogP contribution in [0.2, 0.25) is 0 Å². The summed E-state index contributed by atoms with van der Waals surface area (Å²) in [6.45, 7) is 0.120. The second-order valence-electron chi connectivity index (χ2n) is 4.20. The van der Waals surface area contributed by atoms with Gasteiger partial charge in [-0.15, -0.1) is 0 Å². The lowest BCUT2D eigenvalue weighted by molar-refractivity contribution is -0.137. The van der Waals surface area contributed by atoms with Crippen molar-refractivity contribution in [3.63, 3.8) is 0 Å². The molecule has 1 heterocycles. The molecular weight excluding hydrogens is 325 g/mol. The topological polar surface area (TPSA) is 44.1 Å². The van der Waals surface area contributed by atoms with Crippen LogP contribution >= 0.6 is 15.9 Å². The van der Waals surface area contributed by atoms with E-state index in [9.17, 15) is 18.0 Å². The molecule has 0 saturated carbocycles. The number of nitrogens with zero attached hydrogens (tertiary/aromatic N) is 2. The molecule has 1 saturated heterocycles. The van der Waals surface area contributed by atoms with Gasteiger partial charge in [-0.2, -0.15) is 18.4 Å². The second kappa shape index (κ2) is 4.85. The molecule has 1 aromatic rings. The lowest BCUT2D eigenvalue weighted by Gasteiger charge is -2.19. The molecule has 0 aliphatic carbocycles. The Labute approximate surface area is 115 Å². The van der Waals surface area contributed by atoms with Gasteiger partial charge in [0.1, 0.15) is 0 Å². The zero-order chi connectivity index (χ0) is 14.2. The number of anilines is 1. The van der Waals surface area contributed by atoms with Crippen molar-refractivity contribution in [2.24, 2.45) is 5.92 Å². The molecule has 0 N–H and O–H groups in total. The van der Waals surface area contributed by atoms with Crippen molar-refractivity contribution in [1.82, 2.24) is 0 Å². The number of hydrogen-bond donors (Lipinski definition) is 0. The molecule has 7 heteroatoms. The fourth-order valence-electron chi connectivity index (χ4n) is 1.92. The summed E-state index contributed by atoms with van der Waals surface area (Å²) >= 11 is 3.13. The summed E-state index contributed by atoms with van der Waals surface area (Å²) in [5.41, 5.74) is -0.670. The van der Waals surface area contributed by atoms with Crippen LogP contribution in [-0.4, -0.2) is 12.5 Å². The van der Waals surface area contributed by atoms with Crippen molar-refractivity contribution in [3.8, 4) is 6.07 Å². The predicted molar refractivity (Wildman–Crippen MR) is 65.2 cm³/mol. The largest absolute Gasteiger partial charge is 0.416 e.